The van der Waals surface area contributed by atoms with Gasteiger partial charge in [-0.25, -0.2) is 4.79 Å². The van der Waals surface area contributed by atoms with Crippen LogP contribution in [0.1, 0.15) is 50.4 Å². The second-order valence-corrected chi connectivity index (χ2v) is 4.68. The maximum atomic E-state index is 11.9. The number of para-hydroxylation sites is 1. The lowest BCUT2D eigenvalue weighted by Gasteiger charge is -2.19. The van der Waals surface area contributed by atoms with Gasteiger partial charge in [0, 0.05) is 6.04 Å². The van der Waals surface area contributed by atoms with Crippen molar-refractivity contribution in [2.24, 2.45) is 0 Å². The number of ether oxygens (including phenoxy) is 1. The highest BCUT2D eigenvalue weighted by Crippen LogP contribution is 2.25. The van der Waals surface area contributed by atoms with Crippen LogP contribution in [0, 0.1) is 0 Å². The Bertz CT molecular complexity index is 419. The summed E-state index contributed by atoms with van der Waals surface area (Å²) in [6.07, 6.45) is 3.35. The molecule has 19 heavy (non-hydrogen) atoms. The predicted molar refractivity (Wildman–Crippen MR) is 79.4 cm³/mol. The molecule has 0 aliphatic heterocycles. The van der Waals surface area contributed by atoms with E-state index in [4.69, 9.17) is 10.5 Å². The number of nitrogens with two attached hydrogens (primary N) is 1. The summed E-state index contributed by atoms with van der Waals surface area (Å²) >= 11 is 0. The molecule has 0 saturated carbocycles. The average molecular weight is 264 g/mol. The van der Waals surface area contributed by atoms with E-state index < -0.39 is 0 Å². The first kappa shape index (κ1) is 15.3. The Kier molecular flexibility index (Phi) is 6.19. The first-order chi connectivity index (χ1) is 9.10. The molecule has 0 aromatic heterocycles. The molecule has 0 amide bonds. The molecular formula is C15H24N2O2. The summed E-state index contributed by atoms with van der Waals surface area (Å²) in [5.74, 6) is -0.333. The number of benzene rings is 1. The molecule has 0 bridgehead atoms. The second kappa shape index (κ2) is 7.67. The Balaban J connectivity index is 2.88. The summed E-state index contributed by atoms with van der Waals surface area (Å²) in [4.78, 5) is 11.9. The lowest BCUT2D eigenvalue weighted by atomic mass is 10.1. The molecular weight excluding hydrogens is 240 g/mol. The molecule has 1 aromatic rings. The van der Waals surface area contributed by atoms with Crippen LogP contribution >= 0.6 is 0 Å². The van der Waals surface area contributed by atoms with Crippen molar-refractivity contribution in [1.82, 2.24) is 0 Å². The molecule has 106 valence electrons. The Labute approximate surface area is 115 Å². The van der Waals surface area contributed by atoms with Crippen LogP contribution in [-0.4, -0.2) is 18.6 Å². The summed E-state index contributed by atoms with van der Waals surface area (Å²) in [6, 6.07) is 5.57. The van der Waals surface area contributed by atoms with E-state index in [1.807, 2.05) is 0 Å². The molecule has 1 unspecified atom stereocenters. The van der Waals surface area contributed by atoms with Crippen LogP contribution in [-0.2, 0) is 4.74 Å². The number of carbonyl (C=O) groups is 1. The highest BCUT2D eigenvalue weighted by Gasteiger charge is 2.16. The fourth-order valence-electron chi connectivity index (χ4n) is 1.94. The zero-order valence-electron chi connectivity index (χ0n) is 12.0. The van der Waals surface area contributed by atoms with Crippen LogP contribution in [0.15, 0.2) is 18.2 Å². The molecule has 3 N–H and O–H groups in total. The number of nitrogen functional groups attached to an aromatic ring is 1. The van der Waals surface area contributed by atoms with Gasteiger partial charge in [0.1, 0.15) is 0 Å². The Morgan fingerprint density at radius 2 is 2.16 bits per heavy atom. The summed E-state index contributed by atoms with van der Waals surface area (Å²) in [5, 5.41) is 3.33. The first-order valence-corrected chi connectivity index (χ1v) is 6.92. The summed E-state index contributed by atoms with van der Waals surface area (Å²) in [6.45, 7) is 6.41. The first-order valence-electron chi connectivity index (χ1n) is 6.92. The van der Waals surface area contributed by atoms with Gasteiger partial charge in [0.15, 0.2) is 0 Å². The van der Waals surface area contributed by atoms with Gasteiger partial charge < -0.3 is 15.8 Å². The third-order valence-electron chi connectivity index (χ3n) is 2.97. The van der Waals surface area contributed by atoms with Crippen molar-refractivity contribution in [3.63, 3.8) is 0 Å². The number of rotatable bonds is 7. The zero-order chi connectivity index (χ0) is 14.3. The monoisotopic (exact) mass is 264 g/mol. The van der Waals surface area contributed by atoms with Crippen LogP contribution in [0.3, 0.4) is 0 Å². The van der Waals surface area contributed by atoms with Crippen LogP contribution < -0.4 is 11.1 Å². The van der Waals surface area contributed by atoms with E-state index >= 15 is 0 Å². The standard InChI is InChI=1S/C15H24N2O2/c1-4-6-8-11(3)17-14-12(15(18)19-5-2)9-7-10-13(14)16/h7,9-11,17H,4-6,8,16H2,1-3H3. The van der Waals surface area contributed by atoms with Crippen molar-refractivity contribution in [2.45, 2.75) is 46.1 Å². The van der Waals surface area contributed by atoms with Gasteiger partial charge in [-0.3, -0.25) is 0 Å². The molecule has 0 heterocycles. The Morgan fingerprint density at radius 3 is 2.79 bits per heavy atom. The fourth-order valence-corrected chi connectivity index (χ4v) is 1.94. The lowest BCUT2D eigenvalue weighted by Crippen LogP contribution is -2.19. The van der Waals surface area contributed by atoms with E-state index in [1.54, 1.807) is 25.1 Å². The van der Waals surface area contributed by atoms with Crippen molar-refractivity contribution in [3.8, 4) is 0 Å². The average Bonchev–Trinajstić information content (AvgIpc) is 2.39. The smallest absolute Gasteiger partial charge is 0.340 e. The summed E-state index contributed by atoms with van der Waals surface area (Å²) in [5.41, 5.74) is 7.73. The van der Waals surface area contributed by atoms with E-state index in [-0.39, 0.29) is 12.0 Å². The molecule has 4 nitrogen and oxygen atoms in total. The minimum Gasteiger partial charge on any atom is -0.462 e. The zero-order valence-corrected chi connectivity index (χ0v) is 12.0. The molecule has 0 radical (unpaired) electrons. The SMILES string of the molecule is CCCCC(C)Nc1c(N)cccc1C(=O)OCC. The van der Waals surface area contributed by atoms with Crippen molar-refractivity contribution >= 4 is 17.3 Å². The van der Waals surface area contributed by atoms with Gasteiger partial charge in [-0.1, -0.05) is 25.8 Å². The molecule has 0 saturated heterocycles. The maximum Gasteiger partial charge on any atom is 0.340 e. The quantitative estimate of drug-likeness (QED) is 0.585. The Morgan fingerprint density at radius 1 is 1.42 bits per heavy atom. The number of esters is 1. The van der Waals surface area contributed by atoms with Crippen LogP contribution in [0.4, 0.5) is 11.4 Å². The highest BCUT2D eigenvalue weighted by atomic mass is 16.5. The molecule has 0 aliphatic carbocycles. The number of carbonyl (C=O) groups excluding carboxylic acids is 1. The number of hydrogen-bond donors (Lipinski definition) is 2. The second-order valence-electron chi connectivity index (χ2n) is 4.68. The van der Waals surface area contributed by atoms with Crippen LogP contribution in [0.2, 0.25) is 0 Å². The van der Waals surface area contributed by atoms with Gasteiger partial charge in [0.25, 0.3) is 0 Å². The van der Waals surface area contributed by atoms with Gasteiger partial charge in [0.05, 0.1) is 23.5 Å². The van der Waals surface area contributed by atoms with Crippen molar-refractivity contribution in [2.75, 3.05) is 17.7 Å². The van der Waals surface area contributed by atoms with Gasteiger partial charge in [0.2, 0.25) is 0 Å². The molecule has 1 rings (SSSR count). The van der Waals surface area contributed by atoms with Gasteiger partial charge >= 0.3 is 5.97 Å². The molecule has 0 aliphatic rings. The lowest BCUT2D eigenvalue weighted by molar-refractivity contribution is 0.0527. The van der Waals surface area contributed by atoms with E-state index in [1.165, 1.54) is 0 Å². The van der Waals surface area contributed by atoms with E-state index in [0.717, 1.165) is 19.3 Å². The Hall–Kier alpha value is -1.71. The maximum absolute atomic E-state index is 11.9. The minimum atomic E-state index is -0.333. The van der Waals surface area contributed by atoms with Crippen molar-refractivity contribution in [3.05, 3.63) is 23.8 Å². The highest BCUT2D eigenvalue weighted by molar-refractivity contribution is 5.98. The number of anilines is 2. The van der Waals surface area contributed by atoms with E-state index in [9.17, 15) is 4.79 Å². The number of unbranched alkanes of at least 4 members (excludes halogenated alkanes) is 1. The van der Waals surface area contributed by atoms with Crippen LogP contribution in [0.25, 0.3) is 0 Å². The van der Waals surface area contributed by atoms with Gasteiger partial charge in [-0.2, -0.15) is 0 Å². The minimum absolute atomic E-state index is 0.276. The van der Waals surface area contributed by atoms with E-state index in [0.29, 0.717) is 23.5 Å². The van der Waals surface area contributed by atoms with E-state index in [2.05, 4.69) is 19.2 Å². The molecule has 0 fully saturated rings. The van der Waals surface area contributed by atoms with Crippen molar-refractivity contribution < 1.29 is 9.53 Å². The normalized spacial score (nSPS) is 11.9. The topological polar surface area (TPSA) is 64.3 Å². The summed E-state index contributed by atoms with van der Waals surface area (Å²) in [7, 11) is 0. The third-order valence-corrected chi connectivity index (χ3v) is 2.97. The largest absolute Gasteiger partial charge is 0.462 e. The molecule has 1 aromatic carbocycles. The summed E-state index contributed by atoms with van der Waals surface area (Å²) < 4.78 is 5.05. The fraction of sp³-hybridized carbons (Fsp3) is 0.533. The molecule has 0 spiro atoms. The number of hydrogen-bond acceptors (Lipinski definition) is 4. The third kappa shape index (κ3) is 4.47. The van der Waals surface area contributed by atoms with Gasteiger partial charge in [-0.15, -0.1) is 0 Å². The van der Waals surface area contributed by atoms with Crippen molar-refractivity contribution in [1.29, 1.82) is 0 Å². The molecule has 4 heteroatoms. The number of nitrogens with one attached hydrogen (secondary N) is 1. The molecule has 1 atom stereocenters. The van der Waals surface area contributed by atoms with Gasteiger partial charge in [-0.05, 0) is 32.4 Å². The van der Waals surface area contributed by atoms with Crippen LogP contribution in [0.5, 0.6) is 0 Å². The predicted octanol–water partition coefficient (Wildman–Crippen LogP) is 3.44.